The summed E-state index contributed by atoms with van der Waals surface area (Å²) >= 11 is 0. The van der Waals surface area contributed by atoms with Crippen molar-refractivity contribution in [3.8, 4) is 5.75 Å². The van der Waals surface area contributed by atoms with E-state index in [1.807, 2.05) is 20.8 Å². The predicted octanol–water partition coefficient (Wildman–Crippen LogP) is 2.51. The first kappa shape index (κ1) is 15.6. The molecule has 2 heterocycles. The maximum absolute atomic E-state index is 12.5. The molecule has 21 heavy (non-hydrogen) atoms. The van der Waals surface area contributed by atoms with Gasteiger partial charge >= 0.3 is 6.03 Å². The molecule has 0 radical (unpaired) electrons. The number of carbonyl (C=O) groups is 1. The third-order valence-electron chi connectivity index (χ3n) is 3.34. The standard InChI is InChI=1S/C15H23N3O3/c1-11(2)21-14-10-16-6-4-13(14)17-15(19)18-7-9-20-8-5-12(18)3/h4,6,10-12H,5,7-9H2,1-3H3,(H,16,17,19)/t12-/m0/s1. The molecule has 1 saturated heterocycles. The minimum Gasteiger partial charge on any atom is -0.487 e. The van der Waals surface area contributed by atoms with Crippen LogP contribution in [-0.4, -0.2) is 47.8 Å². The Labute approximate surface area is 125 Å². The van der Waals surface area contributed by atoms with Gasteiger partial charge in [-0.1, -0.05) is 0 Å². The number of carbonyl (C=O) groups excluding carboxylic acids is 1. The molecule has 0 bridgehead atoms. The van der Waals surface area contributed by atoms with Gasteiger partial charge in [0.2, 0.25) is 0 Å². The number of aromatic nitrogens is 1. The van der Waals surface area contributed by atoms with Crippen LogP contribution in [0.2, 0.25) is 0 Å². The second kappa shape index (κ2) is 7.26. The number of nitrogens with zero attached hydrogens (tertiary/aromatic N) is 2. The molecule has 0 unspecified atom stereocenters. The van der Waals surface area contributed by atoms with Crippen molar-refractivity contribution in [2.75, 3.05) is 25.1 Å². The molecule has 0 saturated carbocycles. The molecule has 0 aliphatic carbocycles. The molecule has 1 N–H and O–H groups in total. The molecule has 116 valence electrons. The van der Waals surface area contributed by atoms with Crippen molar-refractivity contribution < 1.29 is 14.3 Å². The summed E-state index contributed by atoms with van der Waals surface area (Å²) in [5.41, 5.74) is 0.640. The maximum atomic E-state index is 12.5. The Bertz CT molecular complexity index is 479. The van der Waals surface area contributed by atoms with Crippen molar-refractivity contribution in [2.45, 2.75) is 39.3 Å². The Morgan fingerprint density at radius 3 is 3.10 bits per heavy atom. The van der Waals surface area contributed by atoms with Gasteiger partial charge in [0.15, 0.2) is 5.75 Å². The minimum absolute atomic E-state index is 0.0235. The van der Waals surface area contributed by atoms with Gasteiger partial charge in [-0.3, -0.25) is 4.98 Å². The highest BCUT2D eigenvalue weighted by atomic mass is 16.5. The Morgan fingerprint density at radius 1 is 1.52 bits per heavy atom. The van der Waals surface area contributed by atoms with Crippen molar-refractivity contribution in [1.29, 1.82) is 0 Å². The normalized spacial score (nSPS) is 19.2. The molecule has 2 amide bonds. The monoisotopic (exact) mass is 293 g/mol. The van der Waals surface area contributed by atoms with E-state index >= 15 is 0 Å². The Morgan fingerprint density at radius 2 is 2.33 bits per heavy atom. The van der Waals surface area contributed by atoms with Crippen molar-refractivity contribution in [1.82, 2.24) is 9.88 Å². The predicted molar refractivity (Wildman–Crippen MR) is 80.6 cm³/mol. The fourth-order valence-corrected chi connectivity index (χ4v) is 2.21. The molecule has 6 heteroatoms. The van der Waals surface area contributed by atoms with Crippen LogP contribution in [0.5, 0.6) is 5.75 Å². The molecule has 0 aromatic carbocycles. The number of anilines is 1. The summed E-state index contributed by atoms with van der Waals surface area (Å²) in [5.74, 6) is 0.583. The van der Waals surface area contributed by atoms with Crippen LogP contribution in [0.25, 0.3) is 0 Å². The summed E-state index contributed by atoms with van der Waals surface area (Å²) in [5, 5.41) is 2.91. The van der Waals surface area contributed by atoms with Crippen LogP contribution in [0, 0.1) is 0 Å². The van der Waals surface area contributed by atoms with Crippen LogP contribution >= 0.6 is 0 Å². The third kappa shape index (κ3) is 4.32. The number of hydrogen-bond acceptors (Lipinski definition) is 4. The number of pyridine rings is 1. The smallest absolute Gasteiger partial charge is 0.322 e. The van der Waals surface area contributed by atoms with Crippen LogP contribution in [-0.2, 0) is 4.74 Å². The van der Waals surface area contributed by atoms with E-state index in [-0.39, 0.29) is 18.2 Å². The fraction of sp³-hybridized carbons (Fsp3) is 0.600. The summed E-state index contributed by atoms with van der Waals surface area (Å²) in [7, 11) is 0. The SMILES string of the molecule is CC(C)Oc1cnccc1NC(=O)N1CCOCC[C@@H]1C. The van der Waals surface area contributed by atoms with Gasteiger partial charge in [-0.05, 0) is 33.3 Å². The molecule has 1 atom stereocenters. The summed E-state index contributed by atoms with van der Waals surface area (Å²) in [6.07, 6.45) is 4.12. The second-order valence-corrected chi connectivity index (χ2v) is 5.41. The molecular formula is C15H23N3O3. The number of urea groups is 1. The highest BCUT2D eigenvalue weighted by Crippen LogP contribution is 2.24. The Hall–Kier alpha value is -1.82. The molecule has 1 aliphatic heterocycles. The maximum Gasteiger partial charge on any atom is 0.322 e. The van der Waals surface area contributed by atoms with Gasteiger partial charge < -0.3 is 19.7 Å². The lowest BCUT2D eigenvalue weighted by atomic mass is 10.2. The van der Waals surface area contributed by atoms with Crippen LogP contribution < -0.4 is 10.1 Å². The van der Waals surface area contributed by atoms with Crippen molar-refractivity contribution in [3.63, 3.8) is 0 Å². The van der Waals surface area contributed by atoms with Crippen LogP contribution in [0.3, 0.4) is 0 Å². The van der Waals surface area contributed by atoms with Gasteiger partial charge in [-0.25, -0.2) is 4.79 Å². The van der Waals surface area contributed by atoms with Gasteiger partial charge in [0, 0.05) is 25.4 Å². The molecule has 1 fully saturated rings. The van der Waals surface area contributed by atoms with Gasteiger partial charge in [-0.2, -0.15) is 0 Å². The lowest BCUT2D eigenvalue weighted by Gasteiger charge is -2.27. The first-order chi connectivity index (χ1) is 10.1. The van der Waals surface area contributed by atoms with Gasteiger partial charge in [-0.15, -0.1) is 0 Å². The zero-order valence-corrected chi connectivity index (χ0v) is 12.8. The van der Waals surface area contributed by atoms with E-state index in [2.05, 4.69) is 10.3 Å². The van der Waals surface area contributed by atoms with Crippen LogP contribution in [0.4, 0.5) is 10.5 Å². The van der Waals surface area contributed by atoms with E-state index in [0.29, 0.717) is 31.2 Å². The van der Waals surface area contributed by atoms with Crippen molar-refractivity contribution in [3.05, 3.63) is 18.5 Å². The molecule has 2 rings (SSSR count). The number of ether oxygens (including phenoxy) is 2. The largest absolute Gasteiger partial charge is 0.487 e. The number of hydrogen-bond donors (Lipinski definition) is 1. The average molecular weight is 293 g/mol. The topological polar surface area (TPSA) is 63.7 Å². The lowest BCUT2D eigenvalue weighted by Crippen LogP contribution is -2.42. The molecule has 1 aromatic heterocycles. The highest BCUT2D eigenvalue weighted by molar-refractivity contribution is 5.91. The lowest BCUT2D eigenvalue weighted by molar-refractivity contribution is 0.143. The molecule has 6 nitrogen and oxygen atoms in total. The average Bonchev–Trinajstić information content (AvgIpc) is 2.65. The van der Waals surface area contributed by atoms with Gasteiger partial charge in [0.1, 0.15) is 0 Å². The highest BCUT2D eigenvalue weighted by Gasteiger charge is 2.23. The molecule has 1 aromatic rings. The van der Waals surface area contributed by atoms with E-state index < -0.39 is 0 Å². The first-order valence-electron chi connectivity index (χ1n) is 7.34. The van der Waals surface area contributed by atoms with E-state index in [9.17, 15) is 4.79 Å². The zero-order chi connectivity index (χ0) is 15.2. The number of nitrogens with one attached hydrogen (secondary N) is 1. The van der Waals surface area contributed by atoms with E-state index in [4.69, 9.17) is 9.47 Å². The Kier molecular flexibility index (Phi) is 5.38. The van der Waals surface area contributed by atoms with E-state index in [0.717, 1.165) is 6.42 Å². The van der Waals surface area contributed by atoms with Gasteiger partial charge in [0.05, 0.1) is 24.6 Å². The molecule has 0 spiro atoms. The number of amides is 2. The quantitative estimate of drug-likeness (QED) is 0.930. The van der Waals surface area contributed by atoms with Crippen LogP contribution in [0.15, 0.2) is 18.5 Å². The van der Waals surface area contributed by atoms with Crippen LogP contribution in [0.1, 0.15) is 27.2 Å². The number of rotatable bonds is 3. The van der Waals surface area contributed by atoms with E-state index in [1.165, 1.54) is 0 Å². The summed E-state index contributed by atoms with van der Waals surface area (Å²) in [6, 6.07) is 1.77. The minimum atomic E-state index is -0.132. The summed E-state index contributed by atoms with van der Waals surface area (Å²) in [4.78, 5) is 18.3. The zero-order valence-electron chi connectivity index (χ0n) is 12.8. The van der Waals surface area contributed by atoms with E-state index in [1.54, 1.807) is 23.4 Å². The summed E-state index contributed by atoms with van der Waals surface area (Å²) < 4.78 is 11.1. The molecule has 1 aliphatic rings. The molecular weight excluding hydrogens is 270 g/mol. The van der Waals surface area contributed by atoms with Gasteiger partial charge in [0.25, 0.3) is 0 Å². The third-order valence-corrected chi connectivity index (χ3v) is 3.34. The second-order valence-electron chi connectivity index (χ2n) is 5.41. The first-order valence-corrected chi connectivity index (χ1v) is 7.34. The fourth-order valence-electron chi connectivity index (χ4n) is 2.21. The summed E-state index contributed by atoms with van der Waals surface area (Å²) in [6.45, 7) is 7.77. The Balaban J connectivity index is 2.08. The van der Waals surface area contributed by atoms with Crippen molar-refractivity contribution >= 4 is 11.7 Å². The van der Waals surface area contributed by atoms with Crippen molar-refractivity contribution in [2.24, 2.45) is 0 Å².